The molecule has 114 valence electrons. The largest absolute Gasteiger partial charge is 0.397 e. The number of hydrogen-bond donors (Lipinski definition) is 2. The van der Waals surface area contributed by atoms with Gasteiger partial charge in [-0.05, 0) is 38.0 Å². The monoisotopic (exact) mass is 309 g/mol. The zero-order chi connectivity index (χ0) is 15.0. The highest BCUT2D eigenvalue weighted by atomic mass is 35.5. The Labute approximate surface area is 129 Å². The average molecular weight is 310 g/mol. The molecule has 6 heteroatoms. The Balaban J connectivity index is 1.64. The van der Waals surface area contributed by atoms with E-state index < -0.39 is 0 Å². The van der Waals surface area contributed by atoms with Crippen molar-refractivity contribution < 1.29 is 9.53 Å². The first kappa shape index (κ1) is 14.6. The summed E-state index contributed by atoms with van der Waals surface area (Å²) in [6, 6.07) is 4.88. The van der Waals surface area contributed by atoms with E-state index in [4.69, 9.17) is 22.1 Å². The Hall–Kier alpha value is -1.30. The Morgan fingerprint density at radius 1 is 1.43 bits per heavy atom. The number of hydrogen-bond acceptors (Lipinski definition) is 4. The average Bonchev–Trinajstić information content (AvgIpc) is 2.79. The maximum atomic E-state index is 12.4. The van der Waals surface area contributed by atoms with Crippen LogP contribution in [-0.4, -0.2) is 42.1 Å². The van der Waals surface area contributed by atoms with Gasteiger partial charge >= 0.3 is 0 Å². The predicted octanol–water partition coefficient (Wildman–Crippen LogP) is 2.11. The number of carbonyl (C=O) groups excluding carboxylic acids is 1. The first-order chi connectivity index (χ1) is 10.0. The first-order valence-electron chi connectivity index (χ1n) is 7.28. The second-order valence-corrected chi connectivity index (χ2v) is 6.24. The number of benzene rings is 1. The molecule has 0 aromatic heterocycles. The minimum Gasteiger partial charge on any atom is -0.397 e. The standard InChI is InChI=1S/C15H20ClN3O2/c1-9(19-7-11-3-4-12(8-19)21-11)15(20)18-14-5-2-10(16)6-13(14)17/h2,5-6,9,11-12H,3-4,7-8,17H2,1H3,(H,18,20). The number of amides is 1. The molecule has 0 aliphatic carbocycles. The molecule has 2 fully saturated rings. The summed E-state index contributed by atoms with van der Waals surface area (Å²) in [5.74, 6) is -0.0506. The van der Waals surface area contributed by atoms with Crippen molar-refractivity contribution in [2.75, 3.05) is 24.1 Å². The molecule has 2 aliphatic heterocycles. The SMILES string of the molecule is CC(C(=O)Nc1ccc(Cl)cc1N)N1CC2CCC(C1)O2. The van der Waals surface area contributed by atoms with Crippen molar-refractivity contribution in [3.63, 3.8) is 0 Å². The number of nitrogens with zero attached hydrogens (tertiary/aromatic N) is 1. The topological polar surface area (TPSA) is 67.6 Å². The van der Waals surface area contributed by atoms with Gasteiger partial charge in [0.1, 0.15) is 0 Å². The number of anilines is 2. The molecule has 3 atom stereocenters. The lowest BCUT2D eigenvalue weighted by Crippen LogP contribution is -2.51. The van der Waals surface area contributed by atoms with E-state index in [1.54, 1.807) is 18.2 Å². The third kappa shape index (κ3) is 3.15. The number of nitrogens with one attached hydrogen (secondary N) is 1. The summed E-state index contributed by atoms with van der Waals surface area (Å²) in [7, 11) is 0. The molecular weight excluding hydrogens is 290 g/mol. The smallest absolute Gasteiger partial charge is 0.241 e. The van der Waals surface area contributed by atoms with Crippen LogP contribution in [0.1, 0.15) is 19.8 Å². The normalized spacial score (nSPS) is 26.6. The number of morpholine rings is 1. The van der Waals surface area contributed by atoms with Gasteiger partial charge in [-0.15, -0.1) is 0 Å². The van der Waals surface area contributed by atoms with Gasteiger partial charge in [-0.25, -0.2) is 0 Å². The van der Waals surface area contributed by atoms with Crippen LogP contribution in [0, 0.1) is 0 Å². The molecule has 2 saturated heterocycles. The summed E-state index contributed by atoms with van der Waals surface area (Å²) in [5, 5.41) is 3.44. The Morgan fingerprint density at radius 3 is 2.71 bits per heavy atom. The minimum atomic E-state index is -0.202. The number of carbonyl (C=O) groups is 1. The van der Waals surface area contributed by atoms with Crippen molar-refractivity contribution in [3.05, 3.63) is 23.2 Å². The third-order valence-electron chi connectivity index (χ3n) is 4.27. The molecular formula is C15H20ClN3O2. The van der Waals surface area contributed by atoms with Crippen molar-refractivity contribution in [1.29, 1.82) is 0 Å². The number of rotatable bonds is 3. The van der Waals surface area contributed by atoms with Gasteiger partial charge in [0.25, 0.3) is 0 Å². The van der Waals surface area contributed by atoms with Gasteiger partial charge in [-0.3, -0.25) is 9.69 Å². The van der Waals surface area contributed by atoms with Gasteiger partial charge in [0.05, 0.1) is 29.6 Å². The molecule has 2 bridgehead atoms. The Morgan fingerprint density at radius 2 is 2.10 bits per heavy atom. The first-order valence-corrected chi connectivity index (χ1v) is 7.66. The van der Waals surface area contributed by atoms with Crippen LogP contribution in [0.25, 0.3) is 0 Å². The van der Waals surface area contributed by atoms with Crippen LogP contribution in [-0.2, 0) is 9.53 Å². The molecule has 0 spiro atoms. The second-order valence-electron chi connectivity index (χ2n) is 5.81. The molecule has 2 aliphatic rings. The zero-order valence-electron chi connectivity index (χ0n) is 12.0. The fraction of sp³-hybridized carbons (Fsp3) is 0.533. The van der Waals surface area contributed by atoms with E-state index in [1.165, 1.54) is 0 Å². The summed E-state index contributed by atoms with van der Waals surface area (Å²) >= 11 is 5.86. The minimum absolute atomic E-state index is 0.0506. The molecule has 0 saturated carbocycles. The molecule has 1 aromatic rings. The number of nitrogen functional groups attached to an aromatic ring is 1. The summed E-state index contributed by atoms with van der Waals surface area (Å²) in [4.78, 5) is 14.6. The van der Waals surface area contributed by atoms with Gasteiger partial charge in [-0.1, -0.05) is 11.6 Å². The van der Waals surface area contributed by atoms with Crippen molar-refractivity contribution >= 4 is 28.9 Å². The lowest BCUT2D eigenvalue weighted by atomic mass is 10.2. The lowest BCUT2D eigenvalue weighted by molar-refractivity contribution is -0.124. The fourth-order valence-electron chi connectivity index (χ4n) is 3.01. The van der Waals surface area contributed by atoms with Gasteiger partial charge in [0, 0.05) is 18.1 Å². The van der Waals surface area contributed by atoms with E-state index in [-0.39, 0.29) is 24.2 Å². The van der Waals surface area contributed by atoms with Crippen LogP contribution < -0.4 is 11.1 Å². The zero-order valence-corrected chi connectivity index (χ0v) is 12.8. The highest BCUT2D eigenvalue weighted by Gasteiger charge is 2.37. The third-order valence-corrected chi connectivity index (χ3v) is 4.51. The maximum absolute atomic E-state index is 12.4. The van der Waals surface area contributed by atoms with E-state index in [9.17, 15) is 4.79 Å². The molecule has 2 heterocycles. The van der Waals surface area contributed by atoms with Crippen LogP contribution >= 0.6 is 11.6 Å². The summed E-state index contributed by atoms with van der Waals surface area (Å²) in [5.41, 5.74) is 6.95. The summed E-state index contributed by atoms with van der Waals surface area (Å²) < 4.78 is 5.80. The van der Waals surface area contributed by atoms with Crippen LogP contribution in [0.5, 0.6) is 0 Å². The van der Waals surface area contributed by atoms with Crippen molar-refractivity contribution in [3.8, 4) is 0 Å². The molecule has 21 heavy (non-hydrogen) atoms. The highest BCUT2D eigenvalue weighted by Crippen LogP contribution is 2.28. The molecule has 0 radical (unpaired) electrons. The number of likely N-dealkylation sites (tertiary alicyclic amines) is 1. The fourth-order valence-corrected chi connectivity index (χ4v) is 3.19. The maximum Gasteiger partial charge on any atom is 0.241 e. The van der Waals surface area contributed by atoms with E-state index in [0.717, 1.165) is 25.9 Å². The lowest BCUT2D eigenvalue weighted by Gasteiger charge is -2.35. The van der Waals surface area contributed by atoms with Gasteiger partial charge in [0.2, 0.25) is 5.91 Å². The van der Waals surface area contributed by atoms with E-state index in [2.05, 4.69) is 10.2 Å². The Bertz CT molecular complexity index is 540. The van der Waals surface area contributed by atoms with Crippen LogP contribution in [0.4, 0.5) is 11.4 Å². The molecule has 3 unspecified atom stereocenters. The molecule has 3 N–H and O–H groups in total. The Kier molecular flexibility index (Phi) is 4.06. The molecule has 1 aromatic carbocycles. The van der Waals surface area contributed by atoms with E-state index in [0.29, 0.717) is 16.4 Å². The molecule has 5 nitrogen and oxygen atoms in total. The van der Waals surface area contributed by atoms with Crippen LogP contribution in [0.15, 0.2) is 18.2 Å². The number of fused-ring (bicyclic) bond motifs is 2. The van der Waals surface area contributed by atoms with Gasteiger partial charge in [-0.2, -0.15) is 0 Å². The van der Waals surface area contributed by atoms with E-state index in [1.807, 2.05) is 6.92 Å². The molecule has 3 rings (SSSR count). The van der Waals surface area contributed by atoms with Crippen molar-refractivity contribution in [2.24, 2.45) is 0 Å². The van der Waals surface area contributed by atoms with Crippen molar-refractivity contribution in [1.82, 2.24) is 4.90 Å². The van der Waals surface area contributed by atoms with Crippen LogP contribution in [0.2, 0.25) is 5.02 Å². The van der Waals surface area contributed by atoms with Crippen LogP contribution in [0.3, 0.4) is 0 Å². The van der Waals surface area contributed by atoms with Gasteiger partial charge < -0.3 is 15.8 Å². The highest BCUT2D eigenvalue weighted by molar-refractivity contribution is 6.31. The number of halogens is 1. The van der Waals surface area contributed by atoms with E-state index >= 15 is 0 Å². The predicted molar refractivity (Wildman–Crippen MR) is 83.4 cm³/mol. The van der Waals surface area contributed by atoms with Gasteiger partial charge in [0.15, 0.2) is 0 Å². The number of ether oxygens (including phenoxy) is 1. The summed E-state index contributed by atoms with van der Waals surface area (Å²) in [6.45, 7) is 3.56. The van der Waals surface area contributed by atoms with Crippen molar-refractivity contribution in [2.45, 2.75) is 38.0 Å². The molecule has 1 amide bonds. The summed E-state index contributed by atoms with van der Waals surface area (Å²) in [6.07, 6.45) is 2.75. The quantitative estimate of drug-likeness (QED) is 0.839. The second kappa shape index (κ2) is 5.83. The number of nitrogens with two attached hydrogens (primary N) is 1.